The van der Waals surface area contributed by atoms with Crippen molar-refractivity contribution in [2.45, 2.75) is 18.6 Å². The fourth-order valence-corrected chi connectivity index (χ4v) is 1.31. The molecule has 1 unspecified atom stereocenters. The molecule has 0 fully saturated rings. The minimum absolute atomic E-state index is 0.00558. The Hall–Kier alpha value is -1.56. The predicted octanol–water partition coefficient (Wildman–Crippen LogP) is 2.26. The molecule has 2 rings (SSSR count). The maximum Gasteiger partial charge on any atom is 0.404 e. The number of nitrogens with two attached hydrogens (primary N) is 1. The van der Waals surface area contributed by atoms with Gasteiger partial charge in [0, 0.05) is 6.42 Å². The normalized spacial score (nSPS) is 14.2. The van der Waals surface area contributed by atoms with Crippen LogP contribution in [0.1, 0.15) is 5.89 Å². The van der Waals surface area contributed by atoms with Crippen molar-refractivity contribution in [2.75, 3.05) is 0 Å². The standard InChI is InChI=1S/C10H9F3N2O/c11-10(12,13)8(14)5-9-15-6-3-1-2-4-7(6)16-9/h1-4,8H,5,14H2. The molecule has 2 N–H and O–H groups in total. The summed E-state index contributed by atoms with van der Waals surface area (Å²) in [6.45, 7) is 0. The smallest absolute Gasteiger partial charge is 0.404 e. The molecular weight excluding hydrogens is 221 g/mol. The third-order valence-corrected chi connectivity index (χ3v) is 2.15. The number of oxazole rings is 1. The van der Waals surface area contributed by atoms with Crippen LogP contribution in [-0.4, -0.2) is 17.2 Å². The van der Waals surface area contributed by atoms with Gasteiger partial charge in [-0.2, -0.15) is 13.2 Å². The van der Waals surface area contributed by atoms with E-state index < -0.39 is 18.6 Å². The van der Waals surface area contributed by atoms with Crippen molar-refractivity contribution in [3.05, 3.63) is 30.2 Å². The molecular formula is C10H9F3N2O. The van der Waals surface area contributed by atoms with Crippen LogP contribution in [0.3, 0.4) is 0 Å². The first kappa shape index (κ1) is 10.9. The van der Waals surface area contributed by atoms with Crippen molar-refractivity contribution in [3.63, 3.8) is 0 Å². The highest BCUT2D eigenvalue weighted by Crippen LogP contribution is 2.22. The number of halogens is 3. The minimum Gasteiger partial charge on any atom is -0.441 e. The van der Waals surface area contributed by atoms with E-state index in [0.717, 1.165) is 0 Å². The molecule has 0 aliphatic rings. The van der Waals surface area contributed by atoms with Crippen molar-refractivity contribution >= 4 is 11.1 Å². The zero-order chi connectivity index (χ0) is 11.8. The molecule has 16 heavy (non-hydrogen) atoms. The molecule has 0 radical (unpaired) electrons. The number of hydrogen-bond acceptors (Lipinski definition) is 3. The van der Waals surface area contributed by atoms with Crippen LogP contribution in [0.15, 0.2) is 28.7 Å². The van der Waals surface area contributed by atoms with Crippen LogP contribution in [0, 0.1) is 0 Å². The topological polar surface area (TPSA) is 52.0 Å². The fourth-order valence-electron chi connectivity index (χ4n) is 1.31. The van der Waals surface area contributed by atoms with E-state index in [2.05, 4.69) is 4.98 Å². The average molecular weight is 230 g/mol. The van der Waals surface area contributed by atoms with Crippen LogP contribution in [0.2, 0.25) is 0 Å². The van der Waals surface area contributed by atoms with Gasteiger partial charge in [-0.1, -0.05) is 12.1 Å². The lowest BCUT2D eigenvalue weighted by molar-refractivity contribution is -0.148. The second-order valence-corrected chi connectivity index (χ2v) is 3.43. The van der Waals surface area contributed by atoms with E-state index in [1.807, 2.05) is 0 Å². The number of alkyl halides is 3. The Labute approximate surface area is 89.1 Å². The van der Waals surface area contributed by atoms with E-state index in [0.29, 0.717) is 11.1 Å². The molecule has 0 spiro atoms. The second-order valence-electron chi connectivity index (χ2n) is 3.43. The number of hydrogen-bond donors (Lipinski definition) is 1. The van der Waals surface area contributed by atoms with Crippen molar-refractivity contribution in [3.8, 4) is 0 Å². The molecule has 3 nitrogen and oxygen atoms in total. The molecule has 0 saturated carbocycles. The Morgan fingerprint density at radius 2 is 2.00 bits per heavy atom. The van der Waals surface area contributed by atoms with Crippen LogP contribution in [0.5, 0.6) is 0 Å². The van der Waals surface area contributed by atoms with Crippen LogP contribution in [-0.2, 0) is 6.42 Å². The zero-order valence-corrected chi connectivity index (χ0v) is 8.16. The lowest BCUT2D eigenvalue weighted by Gasteiger charge is -2.12. The number of benzene rings is 1. The fraction of sp³-hybridized carbons (Fsp3) is 0.300. The Morgan fingerprint density at radius 1 is 1.31 bits per heavy atom. The van der Waals surface area contributed by atoms with Gasteiger partial charge in [-0.15, -0.1) is 0 Å². The van der Waals surface area contributed by atoms with Crippen LogP contribution in [0.25, 0.3) is 11.1 Å². The summed E-state index contributed by atoms with van der Waals surface area (Å²) in [6.07, 6.45) is -4.88. The van der Waals surface area contributed by atoms with Gasteiger partial charge < -0.3 is 10.2 Å². The Bertz CT molecular complexity index is 459. The number of para-hydroxylation sites is 2. The zero-order valence-electron chi connectivity index (χ0n) is 8.16. The average Bonchev–Trinajstić information content (AvgIpc) is 2.58. The van der Waals surface area contributed by atoms with E-state index >= 15 is 0 Å². The molecule has 1 heterocycles. The highest BCUT2D eigenvalue weighted by atomic mass is 19.4. The molecule has 0 aliphatic heterocycles. The van der Waals surface area contributed by atoms with E-state index in [4.69, 9.17) is 10.2 Å². The molecule has 0 bridgehead atoms. The lowest BCUT2D eigenvalue weighted by Crippen LogP contribution is -2.39. The molecule has 86 valence electrons. The number of aromatic nitrogens is 1. The van der Waals surface area contributed by atoms with Gasteiger partial charge in [0.05, 0.1) is 0 Å². The Kier molecular flexibility index (Phi) is 2.59. The van der Waals surface area contributed by atoms with Gasteiger partial charge in [-0.25, -0.2) is 4.98 Å². The molecule has 0 amide bonds. The maximum atomic E-state index is 12.2. The van der Waals surface area contributed by atoms with Crippen LogP contribution in [0.4, 0.5) is 13.2 Å². The SMILES string of the molecule is NC(Cc1nc2ccccc2o1)C(F)(F)F. The van der Waals surface area contributed by atoms with Gasteiger partial charge in [-0.3, -0.25) is 0 Å². The molecule has 1 aromatic heterocycles. The molecule has 1 aromatic carbocycles. The van der Waals surface area contributed by atoms with Crippen molar-refractivity contribution < 1.29 is 17.6 Å². The number of fused-ring (bicyclic) bond motifs is 1. The van der Waals surface area contributed by atoms with Crippen LogP contribution < -0.4 is 5.73 Å². The second kappa shape index (κ2) is 3.79. The van der Waals surface area contributed by atoms with E-state index in [-0.39, 0.29) is 5.89 Å². The first-order chi connectivity index (χ1) is 7.47. The third-order valence-electron chi connectivity index (χ3n) is 2.15. The van der Waals surface area contributed by atoms with E-state index in [9.17, 15) is 13.2 Å². The monoisotopic (exact) mass is 230 g/mol. The summed E-state index contributed by atoms with van der Waals surface area (Å²) >= 11 is 0. The Balaban J connectivity index is 2.22. The Morgan fingerprint density at radius 3 is 2.62 bits per heavy atom. The largest absolute Gasteiger partial charge is 0.441 e. The van der Waals surface area contributed by atoms with Gasteiger partial charge in [0.25, 0.3) is 0 Å². The van der Waals surface area contributed by atoms with Gasteiger partial charge in [0.15, 0.2) is 11.5 Å². The lowest BCUT2D eigenvalue weighted by atomic mass is 10.2. The van der Waals surface area contributed by atoms with Gasteiger partial charge in [-0.05, 0) is 12.1 Å². The summed E-state index contributed by atoms with van der Waals surface area (Å²) in [5, 5.41) is 0. The van der Waals surface area contributed by atoms with Gasteiger partial charge >= 0.3 is 6.18 Å². The summed E-state index contributed by atoms with van der Waals surface area (Å²) in [7, 11) is 0. The summed E-state index contributed by atoms with van der Waals surface area (Å²) in [5.41, 5.74) is 5.98. The molecule has 1 atom stereocenters. The third kappa shape index (κ3) is 2.16. The minimum atomic E-state index is -4.43. The summed E-state index contributed by atoms with van der Waals surface area (Å²) < 4.78 is 41.7. The first-order valence-electron chi connectivity index (χ1n) is 4.63. The molecule has 6 heteroatoms. The van der Waals surface area contributed by atoms with E-state index in [1.165, 1.54) is 0 Å². The van der Waals surface area contributed by atoms with Crippen LogP contribution >= 0.6 is 0 Å². The van der Waals surface area contributed by atoms with Gasteiger partial charge in [0.2, 0.25) is 0 Å². The molecule has 2 aromatic rings. The first-order valence-corrected chi connectivity index (χ1v) is 4.63. The summed E-state index contributed by atoms with van der Waals surface area (Å²) in [6, 6.07) is 4.83. The predicted molar refractivity (Wildman–Crippen MR) is 51.7 cm³/mol. The molecule has 0 saturated heterocycles. The van der Waals surface area contributed by atoms with Crippen molar-refractivity contribution in [2.24, 2.45) is 5.73 Å². The van der Waals surface area contributed by atoms with Gasteiger partial charge in [0.1, 0.15) is 11.6 Å². The number of rotatable bonds is 2. The molecule has 0 aliphatic carbocycles. The highest BCUT2D eigenvalue weighted by molar-refractivity contribution is 5.72. The van der Waals surface area contributed by atoms with E-state index in [1.54, 1.807) is 24.3 Å². The maximum absolute atomic E-state index is 12.2. The quantitative estimate of drug-likeness (QED) is 0.860. The highest BCUT2D eigenvalue weighted by Gasteiger charge is 2.37. The summed E-state index contributed by atoms with van der Waals surface area (Å²) in [4.78, 5) is 3.92. The summed E-state index contributed by atoms with van der Waals surface area (Å²) in [5.74, 6) is 0.00558. The van der Waals surface area contributed by atoms with Crippen molar-refractivity contribution in [1.29, 1.82) is 0 Å². The van der Waals surface area contributed by atoms with Crippen molar-refractivity contribution in [1.82, 2.24) is 4.98 Å². The number of nitrogens with zero attached hydrogens (tertiary/aromatic N) is 1.